The zero-order valence-electron chi connectivity index (χ0n) is 12.1. The number of carbonyl (C=O) groups is 1. The van der Waals surface area contributed by atoms with E-state index in [9.17, 15) is 13.2 Å². The van der Waals surface area contributed by atoms with Gasteiger partial charge in [0.05, 0.1) is 23.3 Å². The minimum absolute atomic E-state index is 0.0698. The van der Waals surface area contributed by atoms with Crippen LogP contribution >= 0.6 is 11.3 Å². The van der Waals surface area contributed by atoms with Crippen molar-refractivity contribution in [3.63, 3.8) is 0 Å². The molecule has 0 aliphatic carbocycles. The maximum atomic E-state index is 11.5. The van der Waals surface area contributed by atoms with Gasteiger partial charge >= 0.3 is 0 Å². The van der Waals surface area contributed by atoms with Gasteiger partial charge in [0.15, 0.2) is 0 Å². The number of thiazole rings is 1. The van der Waals surface area contributed by atoms with E-state index in [4.69, 9.17) is 5.26 Å². The van der Waals surface area contributed by atoms with E-state index >= 15 is 0 Å². The molecular formula is C13H17N3O3S2. The van der Waals surface area contributed by atoms with Crippen molar-refractivity contribution in [3.05, 3.63) is 22.2 Å². The number of nitriles is 1. The van der Waals surface area contributed by atoms with Crippen LogP contribution in [0.3, 0.4) is 0 Å². The Morgan fingerprint density at radius 2 is 2.19 bits per heavy atom. The summed E-state index contributed by atoms with van der Waals surface area (Å²) in [5.74, 6) is -1.13. The van der Waals surface area contributed by atoms with Gasteiger partial charge in [0.1, 0.15) is 0 Å². The summed E-state index contributed by atoms with van der Waals surface area (Å²) >= 11 is 1.44. The maximum absolute atomic E-state index is 11.5. The van der Waals surface area contributed by atoms with Crippen molar-refractivity contribution in [2.45, 2.75) is 32.6 Å². The smallest absolute Gasteiger partial charge is 0.257 e. The Hall–Kier alpha value is -1.72. The third-order valence-corrected chi connectivity index (χ3v) is 4.94. The van der Waals surface area contributed by atoms with Crippen LogP contribution in [0.1, 0.15) is 37.1 Å². The average molecular weight is 327 g/mol. The molecule has 8 heteroatoms. The van der Waals surface area contributed by atoms with E-state index in [1.807, 2.05) is 25.5 Å². The summed E-state index contributed by atoms with van der Waals surface area (Å²) in [7, 11) is -3.75. The molecule has 0 bridgehead atoms. The zero-order chi connectivity index (χ0) is 16.1. The Kier molecular flexibility index (Phi) is 5.63. The summed E-state index contributed by atoms with van der Waals surface area (Å²) in [5.41, 5.74) is -0.0698. The van der Waals surface area contributed by atoms with Crippen LogP contribution in [-0.2, 0) is 20.2 Å². The number of hydrogen-bond donors (Lipinski definition) is 1. The summed E-state index contributed by atoms with van der Waals surface area (Å²) in [6, 6.07) is 1.72. The molecule has 6 nitrogen and oxygen atoms in total. The van der Waals surface area contributed by atoms with Crippen LogP contribution in [0.5, 0.6) is 0 Å². The Labute approximate surface area is 128 Å². The summed E-state index contributed by atoms with van der Waals surface area (Å²) in [6.07, 6.45) is 4.14. The topological polar surface area (TPSA) is 99.9 Å². The first kappa shape index (κ1) is 17.3. The number of sulfonamides is 1. The van der Waals surface area contributed by atoms with Crippen molar-refractivity contribution in [1.82, 2.24) is 9.71 Å². The third-order valence-electron chi connectivity index (χ3n) is 2.30. The number of aromatic nitrogens is 1. The van der Waals surface area contributed by atoms with Crippen LogP contribution in [-0.4, -0.2) is 25.1 Å². The number of carbonyl (C=O) groups excluding carboxylic acids is 1. The SMILES string of the molecule is CC(C)(C)c1ncc(C=CC(=O)NS(=O)(=O)CCC#N)s1. The predicted octanol–water partition coefficient (Wildman–Crippen LogP) is 1.81. The Bertz CT molecular complexity index is 676. The minimum Gasteiger partial charge on any atom is -0.269 e. The molecular weight excluding hydrogens is 310 g/mol. The highest BCUT2D eigenvalue weighted by molar-refractivity contribution is 7.90. The Morgan fingerprint density at radius 1 is 1.52 bits per heavy atom. The quantitative estimate of drug-likeness (QED) is 0.831. The fourth-order valence-corrected chi connectivity index (χ4v) is 3.00. The van der Waals surface area contributed by atoms with Gasteiger partial charge in [-0.3, -0.25) is 4.79 Å². The molecule has 0 unspecified atom stereocenters. The van der Waals surface area contributed by atoms with Crippen molar-refractivity contribution in [2.24, 2.45) is 0 Å². The monoisotopic (exact) mass is 327 g/mol. The van der Waals surface area contributed by atoms with Gasteiger partial charge in [0.2, 0.25) is 10.0 Å². The highest BCUT2D eigenvalue weighted by atomic mass is 32.2. The van der Waals surface area contributed by atoms with Crippen molar-refractivity contribution in [2.75, 3.05) is 5.75 Å². The molecule has 0 fully saturated rings. The van der Waals surface area contributed by atoms with Crippen LogP contribution in [0.2, 0.25) is 0 Å². The number of amides is 1. The van der Waals surface area contributed by atoms with Gasteiger partial charge in [-0.25, -0.2) is 18.1 Å². The molecule has 0 aromatic carbocycles. The average Bonchev–Trinajstić information content (AvgIpc) is 2.82. The maximum Gasteiger partial charge on any atom is 0.257 e. The predicted molar refractivity (Wildman–Crippen MR) is 82.0 cm³/mol. The molecule has 1 aromatic heterocycles. The molecule has 0 aliphatic heterocycles. The van der Waals surface area contributed by atoms with E-state index in [1.165, 1.54) is 17.4 Å². The van der Waals surface area contributed by atoms with Crippen LogP contribution in [0.25, 0.3) is 6.08 Å². The molecule has 0 atom stereocenters. The lowest BCUT2D eigenvalue weighted by Crippen LogP contribution is -2.31. The Balaban J connectivity index is 2.67. The van der Waals surface area contributed by atoms with E-state index in [0.29, 0.717) is 0 Å². The highest BCUT2D eigenvalue weighted by Gasteiger charge is 2.17. The van der Waals surface area contributed by atoms with Crippen molar-refractivity contribution in [3.8, 4) is 6.07 Å². The minimum atomic E-state index is -3.75. The number of nitrogens with zero attached hydrogens (tertiary/aromatic N) is 2. The first-order valence-electron chi connectivity index (χ1n) is 6.20. The normalized spacial score (nSPS) is 12.3. The van der Waals surface area contributed by atoms with Gasteiger partial charge in [-0.15, -0.1) is 11.3 Å². The molecule has 1 aromatic rings. The molecule has 1 amide bonds. The fourth-order valence-electron chi connectivity index (χ4n) is 1.29. The van der Waals surface area contributed by atoms with Crippen LogP contribution in [0, 0.1) is 11.3 Å². The molecule has 0 aliphatic rings. The van der Waals surface area contributed by atoms with Gasteiger partial charge in [0.25, 0.3) is 5.91 Å². The highest BCUT2D eigenvalue weighted by Crippen LogP contribution is 2.27. The van der Waals surface area contributed by atoms with E-state index in [1.54, 1.807) is 12.3 Å². The summed E-state index contributed by atoms with van der Waals surface area (Å²) < 4.78 is 24.7. The van der Waals surface area contributed by atoms with Crippen LogP contribution in [0.4, 0.5) is 0 Å². The lowest BCUT2D eigenvalue weighted by atomic mass is 9.98. The molecule has 1 heterocycles. The summed E-state index contributed by atoms with van der Waals surface area (Å²) in [6.45, 7) is 6.11. The number of nitrogens with one attached hydrogen (secondary N) is 1. The first-order chi connectivity index (χ1) is 9.64. The molecule has 114 valence electrons. The molecule has 0 saturated carbocycles. The standard InChI is InChI=1S/C13H17N3O3S2/c1-13(2,3)12-15-9-10(20-12)5-6-11(17)16-21(18,19)8-4-7-14/h5-6,9H,4,8H2,1-3H3,(H,16,17). The van der Waals surface area contributed by atoms with Gasteiger partial charge < -0.3 is 0 Å². The molecule has 0 radical (unpaired) electrons. The van der Waals surface area contributed by atoms with Gasteiger partial charge in [-0.05, 0) is 6.08 Å². The zero-order valence-corrected chi connectivity index (χ0v) is 13.7. The van der Waals surface area contributed by atoms with Crippen molar-refractivity contribution < 1.29 is 13.2 Å². The van der Waals surface area contributed by atoms with E-state index < -0.39 is 21.7 Å². The van der Waals surface area contributed by atoms with Crippen LogP contribution < -0.4 is 4.72 Å². The molecule has 0 spiro atoms. The first-order valence-corrected chi connectivity index (χ1v) is 8.67. The molecule has 0 saturated heterocycles. The van der Waals surface area contributed by atoms with Gasteiger partial charge in [-0.1, -0.05) is 20.8 Å². The van der Waals surface area contributed by atoms with E-state index in [2.05, 4.69) is 4.98 Å². The summed E-state index contributed by atoms with van der Waals surface area (Å²) in [5, 5.41) is 9.27. The molecule has 1 rings (SSSR count). The number of rotatable bonds is 5. The second-order valence-electron chi connectivity index (χ2n) is 5.34. The van der Waals surface area contributed by atoms with E-state index in [0.717, 1.165) is 16.0 Å². The fraction of sp³-hybridized carbons (Fsp3) is 0.462. The largest absolute Gasteiger partial charge is 0.269 e. The second kappa shape index (κ2) is 6.83. The lowest BCUT2D eigenvalue weighted by molar-refractivity contribution is -0.114. The lowest BCUT2D eigenvalue weighted by Gasteiger charge is -2.13. The van der Waals surface area contributed by atoms with Gasteiger partial charge in [-0.2, -0.15) is 5.26 Å². The van der Waals surface area contributed by atoms with Crippen molar-refractivity contribution in [1.29, 1.82) is 5.26 Å². The van der Waals surface area contributed by atoms with Gasteiger partial charge in [0, 0.05) is 22.6 Å². The van der Waals surface area contributed by atoms with Crippen molar-refractivity contribution >= 4 is 33.3 Å². The summed E-state index contributed by atoms with van der Waals surface area (Å²) in [4.78, 5) is 16.6. The second-order valence-corrected chi connectivity index (χ2v) is 8.25. The van der Waals surface area contributed by atoms with E-state index in [-0.39, 0.29) is 11.8 Å². The Morgan fingerprint density at radius 3 is 2.71 bits per heavy atom. The number of hydrogen-bond acceptors (Lipinski definition) is 6. The van der Waals surface area contributed by atoms with Crippen LogP contribution in [0.15, 0.2) is 12.3 Å². The molecule has 1 N–H and O–H groups in total. The third kappa shape index (κ3) is 6.06. The molecule has 21 heavy (non-hydrogen) atoms.